The smallest absolute Gasteiger partial charge is 0.257 e. The van der Waals surface area contributed by atoms with Gasteiger partial charge < -0.3 is 20.7 Å². The van der Waals surface area contributed by atoms with Gasteiger partial charge in [0.2, 0.25) is 0 Å². The second kappa shape index (κ2) is 5.14. The molecule has 3 N–H and O–H groups in total. The van der Waals surface area contributed by atoms with E-state index in [1.165, 1.54) is 7.11 Å². The molecule has 2 atom stereocenters. The first-order valence-electron chi connectivity index (χ1n) is 6.73. The van der Waals surface area contributed by atoms with E-state index in [9.17, 15) is 4.79 Å². The molecule has 2 aliphatic rings. The van der Waals surface area contributed by atoms with E-state index in [4.69, 9.17) is 22.1 Å². The lowest BCUT2D eigenvalue weighted by Crippen LogP contribution is -2.32. The fraction of sp³-hybridized carbons (Fsp3) is 0.500. The Morgan fingerprint density at radius 3 is 2.65 bits per heavy atom. The van der Waals surface area contributed by atoms with Crippen LogP contribution >= 0.6 is 11.6 Å². The van der Waals surface area contributed by atoms with E-state index in [1.807, 2.05) is 4.90 Å². The van der Waals surface area contributed by atoms with E-state index < -0.39 is 0 Å². The number of hydrogen-bond donors (Lipinski definition) is 2. The molecule has 0 spiro atoms. The van der Waals surface area contributed by atoms with Crippen molar-refractivity contribution in [3.63, 3.8) is 0 Å². The molecule has 6 heteroatoms. The number of halogens is 1. The number of nitrogens with one attached hydrogen (secondary N) is 1. The number of methoxy groups -OCH3 is 1. The van der Waals surface area contributed by atoms with Crippen LogP contribution < -0.4 is 15.8 Å². The second-order valence-corrected chi connectivity index (χ2v) is 5.87. The average Bonchev–Trinajstić information content (AvgIpc) is 3.01. The molecular formula is C14H18ClN3O2. The Hall–Kier alpha value is -1.46. The lowest BCUT2D eigenvalue weighted by Gasteiger charge is -2.19. The summed E-state index contributed by atoms with van der Waals surface area (Å²) in [6.45, 7) is 3.57. The second-order valence-electron chi connectivity index (χ2n) is 5.46. The van der Waals surface area contributed by atoms with E-state index in [0.717, 1.165) is 26.2 Å². The monoisotopic (exact) mass is 295 g/mol. The van der Waals surface area contributed by atoms with Crippen molar-refractivity contribution in [2.24, 2.45) is 11.8 Å². The minimum atomic E-state index is -0.0295. The molecule has 0 bridgehead atoms. The molecule has 2 saturated heterocycles. The van der Waals surface area contributed by atoms with E-state index in [1.54, 1.807) is 12.1 Å². The van der Waals surface area contributed by atoms with Crippen molar-refractivity contribution in [3.8, 4) is 5.75 Å². The minimum absolute atomic E-state index is 0.0295. The normalized spacial score (nSPS) is 24.8. The van der Waals surface area contributed by atoms with Crippen molar-refractivity contribution in [1.82, 2.24) is 10.2 Å². The van der Waals surface area contributed by atoms with Gasteiger partial charge in [-0.25, -0.2) is 0 Å². The Bertz CT molecular complexity index is 537. The van der Waals surface area contributed by atoms with E-state index >= 15 is 0 Å². The van der Waals surface area contributed by atoms with Crippen LogP contribution in [0.2, 0.25) is 5.02 Å². The number of likely N-dealkylation sites (tertiary alicyclic amines) is 1. The fourth-order valence-corrected chi connectivity index (χ4v) is 3.26. The maximum Gasteiger partial charge on any atom is 0.257 e. The summed E-state index contributed by atoms with van der Waals surface area (Å²) >= 11 is 6.03. The van der Waals surface area contributed by atoms with Crippen molar-refractivity contribution >= 4 is 23.2 Å². The summed E-state index contributed by atoms with van der Waals surface area (Å²) in [5.41, 5.74) is 6.65. The van der Waals surface area contributed by atoms with Gasteiger partial charge in [-0.2, -0.15) is 0 Å². The average molecular weight is 296 g/mol. The summed E-state index contributed by atoms with van der Waals surface area (Å²) in [5.74, 6) is 1.58. The van der Waals surface area contributed by atoms with Crippen LogP contribution in [0.25, 0.3) is 0 Å². The van der Waals surface area contributed by atoms with Crippen molar-refractivity contribution in [2.45, 2.75) is 0 Å². The highest BCUT2D eigenvalue weighted by Crippen LogP contribution is 2.32. The van der Waals surface area contributed by atoms with Crippen LogP contribution in [0.1, 0.15) is 10.4 Å². The SMILES string of the molecule is COc1cc(N)c(Cl)cc1C(=O)N1C[C@H]2CNC[C@H]2C1. The maximum absolute atomic E-state index is 12.6. The molecular weight excluding hydrogens is 278 g/mol. The summed E-state index contributed by atoms with van der Waals surface area (Å²) in [7, 11) is 1.53. The number of hydrogen-bond acceptors (Lipinski definition) is 4. The van der Waals surface area contributed by atoms with Gasteiger partial charge in [0.05, 0.1) is 23.4 Å². The van der Waals surface area contributed by atoms with Crippen molar-refractivity contribution < 1.29 is 9.53 Å². The molecule has 5 nitrogen and oxygen atoms in total. The molecule has 0 aromatic heterocycles. The topological polar surface area (TPSA) is 67.6 Å². The number of carbonyl (C=O) groups is 1. The van der Waals surface area contributed by atoms with Crippen LogP contribution in [0.5, 0.6) is 5.75 Å². The molecule has 20 heavy (non-hydrogen) atoms. The standard InChI is InChI=1S/C14H18ClN3O2/c1-20-13-3-12(16)11(15)2-10(13)14(19)18-6-8-4-17-5-9(8)7-18/h2-3,8-9,17H,4-7,16H2,1H3/t8-,9+. The van der Waals surface area contributed by atoms with Gasteiger partial charge in [0.15, 0.2) is 0 Å². The number of nitrogen functional groups attached to an aromatic ring is 1. The first-order valence-corrected chi connectivity index (χ1v) is 7.11. The molecule has 1 aromatic rings. The Kier molecular flexibility index (Phi) is 3.48. The highest BCUT2D eigenvalue weighted by Gasteiger charge is 2.38. The number of benzene rings is 1. The Morgan fingerprint density at radius 1 is 1.40 bits per heavy atom. The molecule has 0 radical (unpaired) electrons. The Morgan fingerprint density at radius 2 is 2.05 bits per heavy atom. The number of nitrogens with zero attached hydrogens (tertiary/aromatic N) is 1. The molecule has 0 aliphatic carbocycles. The minimum Gasteiger partial charge on any atom is -0.496 e. The summed E-state index contributed by atoms with van der Waals surface area (Å²) in [6.07, 6.45) is 0. The molecule has 108 valence electrons. The van der Waals surface area contributed by atoms with Crippen molar-refractivity contribution in [1.29, 1.82) is 0 Å². The molecule has 3 rings (SSSR count). The molecule has 2 heterocycles. The molecule has 0 unspecified atom stereocenters. The molecule has 1 aromatic carbocycles. The van der Waals surface area contributed by atoms with Crippen LogP contribution in [0, 0.1) is 11.8 Å². The lowest BCUT2D eigenvalue weighted by molar-refractivity contribution is 0.0778. The van der Waals surface area contributed by atoms with E-state index in [0.29, 0.717) is 33.9 Å². The van der Waals surface area contributed by atoms with Gasteiger partial charge in [-0.05, 0) is 17.9 Å². The molecule has 0 saturated carbocycles. The highest BCUT2D eigenvalue weighted by molar-refractivity contribution is 6.33. The van der Waals surface area contributed by atoms with Gasteiger partial charge in [0, 0.05) is 32.2 Å². The third kappa shape index (κ3) is 2.21. The van der Waals surface area contributed by atoms with Crippen molar-refractivity contribution in [3.05, 3.63) is 22.7 Å². The third-order valence-electron chi connectivity index (χ3n) is 4.23. The number of ether oxygens (including phenoxy) is 1. The lowest BCUT2D eigenvalue weighted by atomic mass is 10.0. The fourth-order valence-electron chi connectivity index (χ4n) is 3.10. The number of anilines is 1. The maximum atomic E-state index is 12.6. The van der Waals surface area contributed by atoms with Crippen LogP contribution in [-0.4, -0.2) is 44.1 Å². The first kappa shape index (κ1) is 13.5. The quantitative estimate of drug-likeness (QED) is 0.805. The number of nitrogens with two attached hydrogens (primary N) is 1. The first-order chi connectivity index (χ1) is 9.60. The number of fused-ring (bicyclic) bond motifs is 1. The van der Waals surface area contributed by atoms with Crippen LogP contribution in [0.3, 0.4) is 0 Å². The van der Waals surface area contributed by atoms with Crippen molar-refractivity contribution in [2.75, 3.05) is 39.0 Å². The zero-order valence-electron chi connectivity index (χ0n) is 11.4. The molecule has 1 amide bonds. The summed E-state index contributed by atoms with van der Waals surface area (Å²) in [6, 6.07) is 3.21. The molecule has 2 fully saturated rings. The zero-order chi connectivity index (χ0) is 14.3. The zero-order valence-corrected chi connectivity index (χ0v) is 12.1. The van der Waals surface area contributed by atoms with Gasteiger partial charge >= 0.3 is 0 Å². The summed E-state index contributed by atoms with van der Waals surface area (Å²) in [4.78, 5) is 14.5. The third-order valence-corrected chi connectivity index (χ3v) is 4.55. The molecule has 2 aliphatic heterocycles. The predicted molar refractivity (Wildman–Crippen MR) is 78.2 cm³/mol. The van der Waals surface area contributed by atoms with E-state index in [2.05, 4.69) is 5.32 Å². The van der Waals surface area contributed by atoms with Gasteiger partial charge in [0.25, 0.3) is 5.91 Å². The Labute approximate surface area is 123 Å². The largest absolute Gasteiger partial charge is 0.496 e. The van der Waals surface area contributed by atoms with Crippen LogP contribution in [-0.2, 0) is 0 Å². The number of carbonyl (C=O) groups excluding carboxylic acids is 1. The van der Waals surface area contributed by atoms with Gasteiger partial charge in [-0.15, -0.1) is 0 Å². The van der Waals surface area contributed by atoms with E-state index in [-0.39, 0.29) is 5.91 Å². The Balaban J connectivity index is 1.85. The summed E-state index contributed by atoms with van der Waals surface area (Å²) in [5, 5.41) is 3.75. The number of amides is 1. The van der Waals surface area contributed by atoms with Gasteiger partial charge in [-0.3, -0.25) is 4.79 Å². The number of rotatable bonds is 2. The highest BCUT2D eigenvalue weighted by atomic mass is 35.5. The summed E-state index contributed by atoms with van der Waals surface area (Å²) < 4.78 is 5.26. The van der Waals surface area contributed by atoms with Crippen LogP contribution in [0.4, 0.5) is 5.69 Å². The predicted octanol–water partition coefficient (Wildman–Crippen LogP) is 1.22. The van der Waals surface area contributed by atoms with Gasteiger partial charge in [-0.1, -0.05) is 11.6 Å². The van der Waals surface area contributed by atoms with Crippen LogP contribution in [0.15, 0.2) is 12.1 Å². The van der Waals surface area contributed by atoms with Gasteiger partial charge in [0.1, 0.15) is 5.75 Å².